The van der Waals surface area contributed by atoms with E-state index < -0.39 is 11.9 Å². The van der Waals surface area contributed by atoms with Gasteiger partial charge in [0.2, 0.25) is 0 Å². The van der Waals surface area contributed by atoms with Crippen molar-refractivity contribution in [2.24, 2.45) is 5.92 Å². The number of amides is 1. The zero-order valence-electron chi connectivity index (χ0n) is 16.6. The number of fused-ring (bicyclic) bond motifs is 1. The molecule has 1 aromatic carbocycles. The lowest BCUT2D eigenvalue weighted by molar-refractivity contribution is -0.121. The number of esters is 1. The van der Waals surface area contributed by atoms with E-state index in [0.717, 1.165) is 19.3 Å². The molecule has 0 spiro atoms. The van der Waals surface area contributed by atoms with E-state index in [0.29, 0.717) is 22.2 Å². The molecular weight excluding hydrogens is 388 g/mol. The average molecular weight is 413 g/mol. The lowest BCUT2D eigenvalue weighted by atomic mass is 9.90. The summed E-state index contributed by atoms with van der Waals surface area (Å²) in [5.41, 5.74) is 1.77. The summed E-state index contributed by atoms with van der Waals surface area (Å²) in [5, 5.41) is 8.93. The van der Waals surface area contributed by atoms with Gasteiger partial charge in [0.25, 0.3) is 5.91 Å². The van der Waals surface area contributed by atoms with Gasteiger partial charge in [0.15, 0.2) is 6.61 Å². The first-order valence-electron chi connectivity index (χ1n) is 9.62. The van der Waals surface area contributed by atoms with Crippen LogP contribution >= 0.6 is 11.3 Å². The number of carbonyl (C=O) groups excluding carboxylic acids is 2. The van der Waals surface area contributed by atoms with Gasteiger partial charge < -0.3 is 14.4 Å². The van der Waals surface area contributed by atoms with E-state index in [1.807, 2.05) is 12.1 Å². The Kier molecular flexibility index (Phi) is 6.89. The lowest BCUT2D eigenvalue weighted by Gasteiger charge is -2.23. The molecule has 0 unspecified atom stereocenters. The van der Waals surface area contributed by atoms with Gasteiger partial charge in [-0.25, -0.2) is 4.79 Å². The van der Waals surface area contributed by atoms with Gasteiger partial charge in [-0.1, -0.05) is 19.1 Å². The molecule has 0 aliphatic heterocycles. The Hall–Kier alpha value is -2.85. The highest BCUT2D eigenvalue weighted by Gasteiger charge is 2.24. The number of thiophene rings is 1. The average Bonchev–Trinajstić information content (AvgIpc) is 3.15. The minimum absolute atomic E-state index is 0.160. The Labute approximate surface area is 174 Å². The maximum atomic E-state index is 12.8. The molecule has 0 saturated carbocycles. The third kappa shape index (κ3) is 4.96. The number of carbonyl (C=O) groups is 2. The molecule has 7 heteroatoms. The summed E-state index contributed by atoms with van der Waals surface area (Å²) in [7, 11) is 1.52. The van der Waals surface area contributed by atoms with Crippen LogP contribution in [0, 0.1) is 17.2 Å². The topological polar surface area (TPSA) is 79.6 Å². The standard InChI is InChI=1S/C22H24N2O4S/c1-15-8-9-19-16(12-15)13-20(29-19)22(26)28-14-21(25)24(11-5-10-23)17-6-3-4-7-18(17)27-2/h3-4,6-7,13,15H,5,8-9,11-12,14H2,1-2H3/t15-/m0/s1. The number of nitriles is 1. The molecule has 2 aromatic rings. The first kappa shape index (κ1) is 20.9. The molecule has 0 radical (unpaired) electrons. The molecule has 0 fully saturated rings. The zero-order valence-corrected chi connectivity index (χ0v) is 17.5. The second-order valence-corrected chi connectivity index (χ2v) is 8.25. The van der Waals surface area contributed by atoms with Gasteiger partial charge in [-0.2, -0.15) is 5.26 Å². The number of anilines is 1. The molecule has 29 heavy (non-hydrogen) atoms. The Morgan fingerprint density at radius 3 is 2.90 bits per heavy atom. The van der Waals surface area contributed by atoms with Gasteiger partial charge in [0, 0.05) is 11.4 Å². The van der Waals surface area contributed by atoms with Crippen LogP contribution in [0.25, 0.3) is 0 Å². The summed E-state index contributed by atoms with van der Waals surface area (Å²) in [6.45, 7) is 2.02. The molecule has 1 aromatic heterocycles. The maximum Gasteiger partial charge on any atom is 0.348 e. The molecule has 0 bridgehead atoms. The molecule has 6 nitrogen and oxygen atoms in total. The van der Waals surface area contributed by atoms with Crippen molar-refractivity contribution in [1.29, 1.82) is 5.26 Å². The van der Waals surface area contributed by atoms with Crippen molar-refractivity contribution in [3.05, 3.63) is 45.6 Å². The number of aryl methyl sites for hydroxylation is 1. The van der Waals surface area contributed by atoms with Gasteiger partial charge in [-0.15, -0.1) is 11.3 Å². The molecule has 1 amide bonds. The van der Waals surface area contributed by atoms with Crippen LogP contribution in [0.5, 0.6) is 5.75 Å². The zero-order chi connectivity index (χ0) is 20.8. The summed E-state index contributed by atoms with van der Waals surface area (Å²) in [4.78, 5) is 28.5. The molecule has 3 rings (SSSR count). The third-order valence-electron chi connectivity index (χ3n) is 4.98. The number of rotatable bonds is 7. The minimum Gasteiger partial charge on any atom is -0.495 e. The highest BCUT2D eigenvalue weighted by molar-refractivity contribution is 7.14. The highest BCUT2D eigenvalue weighted by Crippen LogP contribution is 2.32. The summed E-state index contributed by atoms with van der Waals surface area (Å²) in [5.74, 6) is 0.265. The Bertz CT molecular complexity index is 931. The van der Waals surface area contributed by atoms with E-state index in [4.69, 9.17) is 14.7 Å². The first-order valence-corrected chi connectivity index (χ1v) is 10.4. The van der Waals surface area contributed by atoms with Crippen LogP contribution in [0.2, 0.25) is 0 Å². The molecule has 1 aliphatic rings. The Morgan fingerprint density at radius 1 is 1.34 bits per heavy atom. The van der Waals surface area contributed by atoms with E-state index in [2.05, 4.69) is 6.92 Å². The number of hydrogen-bond donors (Lipinski definition) is 0. The third-order valence-corrected chi connectivity index (χ3v) is 6.20. The van der Waals surface area contributed by atoms with E-state index in [9.17, 15) is 9.59 Å². The maximum absolute atomic E-state index is 12.8. The van der Waals surface area contributed by atoms with E-state index >= 15 is 0 Å². The fraction of sp³-hybridized carbons (Fsp3) is 0.409. The number of hydrogen-bond acceptors (Lipinski definition) is 6. The van der Waals surface area contributed by atoms with Crippen molar-refractivity contribution in [3.8, 4) is 11.8 Å². The molecule has 152 valence electrons. The van der Waals surface area contributed by atoms with E-state index in [1.165, 1.54) is 33.8 Å². The van der Waals surface area contributed by atoms with E-state index in [-0.39, 0.29) is 19.6 Å². The second kappa shape index (κ2) is 9.57. The SMILES string of the molecule is COc1ccccc1N(CCC#N)C(=O)COC(=O)c1cc2c(s1)CC[C@H](C)C2. The van der Waals surface area contributed by atoms with Gasteiger partial charge >= 0.3 is 5.97 Å². The number of methoxy groups -OCH3 is 1. The number of ether oxygens (including phenoxy) is 2. The van der Waals surface area contributed by atoms with Crippen molar-refractivity contribution in [3.63, 3.8) is 0 Å². The monoisotopic (exact) mass is 412 g/mol. The van der Waals surface area contributed by atoms with Crippen molar-refractivity contribution in [2.75, 3.05) is 25.2 Å². The van der Waals surface area contributed by atoms with Crippen molar-refractivity contribution in [1.82, 2.24) is 0 Å². The smallest absolute Gasteiger partial charge is 0.348 e. The van der Waals surface area contributed by atoms with Gasteiger partial charge in [-0.05, 0) is 48.9 Å². The minimum atomic E-state index is -0.481. The summed E-state index contributed by atoms with van der Waals surface area (Å²) in [6.07, 6.45) is 3.26. The van der Waals surface area contributed by atoms with E-state index in [1.54, 1.807) is 24.3 Å². The number of para-hydroxylation sites is 2. The number of benzene rings is 1. The van der Waals surface area contributed by atoms with Gasteiger partial charge in [0.05, 0.1) is 25.3 Å². The Balaban J connectivity index is 1.68. The van der Waals surface area contributed by atoms with Crippen LogP contribution in [0.1, 0.15) is 39.9 Å². The molecule has 1 heterocycles. The van der Waals surface area contributed by atoms with Crippen molar-refractivity contribution < 1.29 is 19.1 Å². The van der Waals surface area contributed by atoms with Crippen molar-refractivity contribution in [2.45, 2.75) is 32.6 Å². The van der Waals surface area contributed by atoms with Crippen molar-refractivity contribution >= 4 is 28.9 Å². The predicted octanol–water partition coefficient (Wildman–Crippen LogP) is 3.99. The second-order valence-electron chi connectivity index (χ2n) is 7.11. The molecule has 0 N–H and O–H groups in total. The fourth-order valence-electron chi connectivity index (χ4n) is 3.48. The summed E-state index contributed by atoms with van der Waals surface area (Å²) >= 11 is 1.46. The van der Waals surface area contributed by atoms with Crippen LogP contribution in [0.4, 0.5) is 5.69 Å². The first-order chi connectivity index (χ1) is 14.0. The quantitative estimate of drug-likeness (QED) is 0.643. The van der Waals surface area contributed by atoms with Crippen LogP contribution in [-0.4, -0.2) is 32.1 Å². The normalized spacial score (nSPS) is 15.1. The summed E-state index contributed by atoms with van der Waals surface area (Å²) < 4.78 is 10.6. The highest BCUT2D eigenvalue weighted by atomic mass is 32.1. The largest absolute Gasteiger partial charge is 0.495 e. The van der Waals surface area contributed by atoms with Gasteiger partial charge in [-0.3, -0.25) is 4.79 Å². The lowest BCUT2D eigenvalue weighted by Crippen LogP contribution is -2.35. The predicted molar refractivity (Wildman–Crippen MR) is 111 cm³/mol. The van der Waals surface area contributed by atoms with Gasteiger partial charge in [0.1, 0.15) is 10.6 Å². The van der Waals surface area contributed by atoms with Crippen LogP contribution < -0.4 is 9.64 Å². The van der Waals surface area contributed by atoms with Crippen LogP contribution in [0.15, 0.2) is 30.3 Å². The molecule has 0 saturated heterocycles. The Morgan fingerprint density at radius 2 is 2.14 bits per heavy atom. The summed E-state index contributed by atoms with van der Waals surface area (Å²) in [6, 6.07) is 11.0. The molecule has 1 atom stereocenters. The fourth-order valence-corrected chi connectivity index (χ4v) is 4.58. The molecule has 1 aliphatic carbocycles. The van der Waals surface area contributed by atoms with Crippen LogP contribution in [0.3, 0.4) is 0 Å². The van der Waals surface area contributed by atoms with Crippen LogP contribution in [-0.2, 0) is 22.4 Å². The number of nitrogens with zero attached hydrogens (tertiary/aromatic N) is 2. The molecular formula is C22H24N2O4S.